The maximum Gasteiger partial charge on any atom is 0.322 e. The van der Waals surface area contributed by atoms with Crippen LogP contribution in [0.25, 0.3) is 0 Å². The van der Waals surface area contributed by atoms with Gasteiger partial charge in [-0.3, -0.25) is 14.8 Å². The van der Waals surface area contributed by atoms with Crippen molar-refractivity contribution in [1.29, 1.82) is 0 Å². The molecule has 1 aromatic heterocycles. The Morgan fingerprint density at radius 3 is 2.17 bits per heavy atom. The first kappa shape index (κ1) is 29.0. The summed E-state index contributed by atoms with van der Waals surface area (Å²) in [6.07, 6.45) is 7.86. The number of pyridine rings is 1. The van der Waals surface area contributed by atoms with E-state index in [9.17, 15) is 4.79 Å². The van der Waals surface area contributed by atoms with Crippen LogP contribution >= 0.6 is 0 Å². The third kappa shape index (κ3) is 7.83. The Kier molecular flexibility index (Phi) is 9.76. The van der Waals surface area contributed by atoms with Gasteiger partial charge in [-0.25, -0.2) is 4.79 Å². The van der Waals surface area contributed by atoms with E-state index in [0.29, 0.717) is 25.0 Å². The van der Waals surface area contributed by atoms with Crippen LogP contribution in [0, 0.1) is 5.92 Å². The number of urea groups is 1. The van der Waals surface area contributed by atoms with E-state index in [2.05, 4.69) is 67.4 Å². The van der Waals surface area contributed by atoms with Gasteiger partial charge in [0.15, 0.2) is 0 Å². The number of nitrogens with one attached hydrogen (secondary N) is 1. The molecule has 5 rings (SSSR count). The van der Waals surface area contributed by atoms with E-state index in [1.165, 1.54) is 11.1 Å². The zero-order valence-electron chi connectivity index (χ0n) is 24.7. The molecule has 3 aliphatic rings. The SMILES string of the molecule is CC(C)(C)c1ccc(CN2CCC(CN(C(=O)NC3CCOCC3)c3ccc(C4CCOCC4)nc3)CC2)cc1. The number of hydrogen-bond donors (Lipinski definition) is 1. The van der Waals surface area contributed by atoms with Crippen molar-refractivity contribution in [1.82, 2.24) is 15.2 Å². The summed E-state index contributed by atoms with van der Waals surface area (Å²) < 4.78 is 11.0. The van der Waals surface area contributed by atoms with Gasteiger partial charge in [-0.2, -0.15) is 0 Å². The number of ether oxygens (including phenoxy) is 2. The zero-order valence-corrected chi connectivity index (χ0v) is 24.7. The second-order valence-corrected chi connectivity index (χ2v) is 12.9. The molecule has 7 nitrogen and oxygen atoms in total. The van der Waals surface area contributed by atoms with Gasteiger partial charge in [-0.05, 0) is 86.2 Å². The average molecular weight is 549 g/mol. The van der Waals surface area contributed by atoms with Gasteiger partial charge >= 0.3 is 6.03 Å². The topological polar surface area (TPSA) is 66.9 Å². The molecule has 0 unspecified atom stereocenters. The fourth-order valence-electron chi connectivity index (χ4n) is 6.15. The normalized spacial score (nSPS) is 20.4. The van der Waals surface area contributed by atoms with Crippen molar-refractivity contribution in [2.45, 2.75) is 83.2 Å². The van der Waals surface area contributed by atoms with E-state index in [1.54, 1.807) is 0 Å². The van der Waals surface area contributed by atoms with Crippen molar-refractivity contribution < 1.29 is 14.3 Å². The summed E-state index contributed by atoms with van der Waals surface area (Å²) in [5.41, 5.74) is 4.94. The Bertz CT molecular complexity index is 1060. The van der Waals surface area contributed by atoms with E-state index in [4.69, 9.17) is 14.5 Å². The summed E-state index contributed by atoms with van der Waals surface area (Å²) >= 11 is 0. The van der Waals surface area contributed by atoms with E-state index >= 15 is 0 Å². The Morgan fingerprint density at radius 1 is 0.925 bits per heavy atom. The number of benzene rings is 1. The number of piperidine rings is 1. The Balaban J connectivity index is 1.20. The molecule has 0 atom stereocenters. The predicted octanol–water partition coefficient (Wildman–Crippen LogP) is 5.88. The fourth-order valence-corrected chi connectivity index (χ4v) is 6.15. The number of carbonyl (C=O) groups is 1. The quantitative estimate of drug-likeness (QED) is 0.468. The summed E-state index contributed by atoms with van der Waals surface area (Å²) in [6, 6.07) is 13.5. The lowest BCUT2D eigenvalue weighted by Gasteiger charge is -2.36. The molecule has 1 aromatic carbocycles. The number of carbonyl (C=O) groups excluding carboxylic acids is 1. The molecule has 3 saturated heterocycles. The number of anilines is 1. The number of rotatable bonds is 7. The predicted molar refractivity (Wildman–Crippen MR) is 160 cm³/mol. The summed E-state index contributed by atoms with van der Waals surface area (Å²) in [4.78, 5) is 22.9. The van der Waals surface area contributed by atoms with Crippen molar-refractivity contribution in [3.05, 3.63) is 59.4 Å². The maximum atomic E-state index is 13.6. The van der Waals surface area contributed by atoms with Gasteiger partial charge in [-0.15, -0.1) is 0 Å². The van der Waals surface area contributed by atoms with Gasteiger partial charge in [0.05, 0.1) is 11.9 Å². The molecule has 3 aliphatic heterocycles. The van der Waals surface area contributed by atoms with Crippen LogP contribution in [0.1, 0.15) is 82.0 Å². The molecule has 0 bridgehead atoms. The van der Waals surface area contributed by atoms with Gasteiger partial charge < -0.3 is 14.8 Å². The van der Waals surface area contributed by atoms with E-state index in [1.807, 2.05) is 11.1 Å². The molecule has 7 heteroatoms. The van der Waals surface area contributed by atoms with Crippen LogP contribution in [0.3, 0.4) is 0 Å². The largest absolute Gasteiger partial charge is 0.381 e. The second kappa shape index (κ2) is 13.5. The van der Waals surface area contributed by atoms with Crippen LogP contribution in [0.15, 0.2) is 42.6 Å². The summed E-state index contributed by atoms with van der Waals surface area (Å²) in [5.74, 6) is 0.913. The van der Waals surface area contributed by atoms with E-state index in [0.717, 1.165) is 89.3 Å². The molecule has 40 heavy (non-hydrogen) atoms. The third-order valence-corrected chi connectivity index (χ3v) is 8.89. The Labute approximate surface area is 240 Å². The first-order valence-corrected chi connectivity index (χ1v) is 15.4. The lowest BCUT2D eigenvalue weighted by Crippen LogP contribution is -2.49. The van der Waals surface area contributed by atoms with Crippen LogP contribution in [0.4, 0.5) is 10.5 Å². The molecule has 1 N–H and O–H groups in total. The molecular weight excluding hydrogens is 500 g/mol. The van der Waals surface area contributed by atoms with Crippen molar-refractivity contribution in [3.8, 4) is 0 Å². The Hall–Kier alpha value is -2.48. The summed E-state index contributed by atoms with van der Waals surface area (Å²) in [6.45, 7) is 13.6. The Morgan fingerprint density at radius 2 is 1.57 bits per heavy atom. The average Bonchev–Trinajstić information content (AvgIpc) is 2.98. The van der Waals surface area contributed by atoms with Gasteiger partial charge in [0.25, 0.3) is 0 Å². The smallest absolute Gasteiger partial charge is 0.322 e. The van der Waals surface area contributed by atoms with Crippen LogP contribution in [-0.4, -0.2) is 68.0 Å². The maximum absolute atomic E-state index is 13.6. The minimum Gasteiger partial charge on any atom is -0.381 e. The molecule has 218 valence electrons. The molecule has 0 spiro atoms. The molecule has 2 aromatic rings. The third-order valence-electron chi connectivity index (χ3n) is 8.89. The number of hydrogen-bond acceptors (Lipinski definition) is 5. The monoisotopic (exact) mass is 548 g/mol. The molecule has 4 heterocycles. The van der Waals surface area contributed by atoms with Crippen molar-refractivity contribution in [3.63, 3.8) is 0 Å². The molecule has 3 fully saturated rings. The van der Waals surface area contributed by atoms with Crippen LogP contribution in [0.2, 0.25) is 0 Å². The number of nitrogens with zero attached hydrogens (tertiary/aromatic N) is 3. The summed E-state index contributed by atoms with van der Waals surface area (Å²) in [5, 5.41) is 3.29. The highest BCUT2D eigenvalue weighted by molar-refractivity contribution is 5.92. The minimum absolute atomic E-state index is 0.00566. The summed E-state index contributed by atoms with van der Waals surface area (Å²) in [7, 11) is 0. The first-order chi connectivity index (χ1) is 19.3. The molecule has 2 amide bonds. The molecule has 0 saturated carbocycles. The van der Waals surface area contributed by atoms with E-state index in [-0.39, 0.29) is 17.5 Å². The standard InChI is InChI=1S/C33H48N4O3/c1-33(2,3)28-6-4-25(5-7-28)23-36-16-10-26(11-17-36)24-37(32(38)35-29-14-20-40-21-15-29)30-8-9-31(34-22-30)27-12-18-39-19-13-27/h4-9,22,26-27,29H,10-21,23-24H2,1-3H3,(H,35,38). The number of amides is 2. The number of likely N-dealkylation sites (tertiary alicyclic amines) is 1. The zero-order chi connectivity index (χ0) is 28.0. The fraction of sp³-hybridized carbons (Fsp3) is 0.636. The van der Waals surface area contributed by atoms with Gasteiger partial charge in [0.1, 0.15) is 0 Å². The van der Waals surface area contributed by atoms with Crippen molar-refractivity contribution >= 4 is 11.7 Å². The van der Waals surface area contributed by atoms with Crippen LogP contribution in [0.5, 0.6) is 0 Å². The lowest BCUT2D eigenvalue weighted by molar-refractivity contribution is 0.0803. The van der Waals surface area contributed by atoms with Crippen LogP contribution in [-0.2, 0) is 21.4 Å². The van der Waals surface area contributed by atoms with Crippen molar-refractivity contribution in [2.75, 3.05) is 51.0 Å². The van der Waals surface area contributed by atoms with Gasteiger partial charge in [0.2, 0.25) is 0 Å². The molecular formula is C33H48N4O3. The van der Waals surface area contributed by atoms with Crippen molar-refractivity contribution in [2.24, 2.45) is 5.92 Å². The highest BCUT2D eigenvalue weighted by Gasteiger charge is 2.27. The molecule has 0 aliphatic carbocycles. The molecule has 0 radical (unpaired) electrons. The van der Waals surface area contributed by atoms with E-state index < -0.39 is 0 Å². The lowest BCUT2D eigenvalue weighted by atomic mass is 9.86. The van der Waals surface area contributed by atoms with Gasteiger partial charge in [-0.1, -0.05) is 45.0 Å². The van der Waals surface area contributed by atoms with Crippen LogP contribution < -0.4 is 10.2 Å². The number of aromatic nitrogens is 1. The highest BCUT2D eigenvalue weighted by Crippen LogP contribution is 2.29. The minimum atomic E-state index is -0.00566. The second-order valence-electron chi connectivity index (χ2n) is 12.9. The highest BCUT2D eigenvalue weighted by atomic mass is 16.5. The first-order valence-electron chi connectivity index (χ1n) is 15.4. The van der Waals surface area contributed by atoms with Gasteiger partial charge in [0, 0.05) is 57.2 Å².